The van der Waals surface area contributed by atoms with Gasteiger partial charge in [-0.1, -0.05) is 17.3 Å². The molecule has 2 fully saturated rings. The number of nitrogens with zero attached hydrogens (tertiary/aromatic N) is 4. The van der Waals surface area contributed by atoms with Crippen LogP contribution in [0.4, 0.5) is 0 Å². The molecule has 23 heavy (non-hydrogen) atoms. The van der Waals surface area contributed by atoms with Gasteiger partial charge in [0.1, 0.15) is 12.1 Å². The molecule has 1 aromatic heterocycles. The van der Waals surface area contributed by atoms with Crippen molar-refractivity contribution in [3.63, 3.8) is 0 Å². The zero-order valence-corrected chi connectivity index (χ0v) is 12.7. The van der Waals surface area contributed by atoms with Gasteiger partial charge in [0.15, 0.2) is 0 Å². The van der Waals surface area contributed by atoms with Crippen molar-refractivity contribution in [1.29, 1.82) is 0 Å². The fourth-order valence-corrected chi connectivity index (χ4v) is 3.15. The highest BCUT2D eigenvalue weighted by Gasteiger charge is 2.39. The number of ether oxygens (including phenoxy) is 1. The molecule has 1 unspecified atom stereocenters. The van der Waals surface area contributed by atoms with E-state index < -0.39 is 0 Å². The fraction of sp³-hybridized carbons (Fsp3) is 0.500. The number of carbonyl (C=O) groups is 1. The van der Waals surface area contributed by atoms with Crippen molar-refractivity contribution < 1.29 is 9.53 Å². The van der Waals surface area contributed by atoms with Crippen LogP contribution in [0, 0.1) is 5.92 Å². The first-order valence-electron chi connectivity index (χ1n) is 7.94. The number of hydrogen-bond donors (Lipinski definition) is 0. The molecule has 0 N–H and O–H groups in total. The molecule has 120 valence electrons. The van der Waals surface area contributed by atoms with E-state index in [1.54, 1.807) is 24.3 Å². The molecule has 7 heteroatoms. The summed E-state index contributed by atoms with van der Waals surface area (Å²) in [6, 6.07) is 7.17. The van der Waals surface area contributed by atoms with Crippen LogP contribution in [0.3, 0.4) is 0 Å². The molecule has 7 nitrogen and oxygen atoms in total. The summed E-state index contributed by atoms with van der Waals surface area (Å²) < 4.78 is 6.66. The molecule has 1 amide bonds. The van der Waals surface area contributed by atoms with Crippen LogP contribution in [0.2, 0.25) is 0 Å². The fourth-order valence-electron chi connectivity index (χ4n) is 3.15. The number of rotatable bonds is 3. The lowest BCUT2D eigenvalue weighted by Gasteiger charge is -2.35. The van der Waals surface area contributed by atoms with Crippen molar-refractivity contribution in [2.24, 2.45) is 5.92 Å². The lowest BCUT2D eigenvalue weighted by atomic mass is 10.1. The van der Waals surface area contributed by atoms with Gasteiger partial charge in [0.05, 0.1) is 24.6 Å². The summed E-state index contributed by atoms with van der Waals surface area (Å²) in [7, 11) is 0. The molecule has 4 rings (SSSR count). The Labute approximate surface area is 132 Å². The maximum absolute atomic E-state index is 12.6. The smallest absolute Gasteiger partial charge is 0.278 e. The summed E-state index contributed by atoms with van der Waals surface area (Å²) in [6.45, 7) is 1.65. The monoisotopic (exact) mass is 314 g/mol. The highest BCUT2D eigenvalue weighted by Crippen LogP contribution is 2.36. The summed E-state index contributed by atoms with van der Waals surface area (Å²) in [6.07, 6.45) is 2.29. The Kier molecular flexibility index (Phi) is 3.57. The summed E-state index contributed by atoms with van der Waals surface area (Å²) in [5.74, 6) is 0.454. The third-order valence-corrected chi connectivity index (χ3v) is 4.57. The van der Waals surface area contributed by atoms with E-state index in [1.807, 2.05) is 4.90 Å². The van der Waals surface area contributed by atoms with E-state index in [0.717, 1.165) is 17.5 Å². The third kappa shape index (κ3) is 2.72. The van der Waals surface area contributed by atoms with Crippen molar-refractivity contribution in [3.8, 4) is 0 Å². The van der Waals surface area contributed by atoms with Crippen molar-refractivity contribution >= 4 is 16.8 Å². The van der Waals surface area contributed by atoms with E-state index in [0.29, 0.717) is 36.6 Å². The molecule has 0 radical (unpaired) electrons. The average molecular weight is 314 g/mol. The van der Waals surface area contributed by atoms with Crippen LogP contribution in [-0.2, 0) is 16.1 Å². The highest BCUT2D eigenvalue weighted by molar-refractivity contribution is 5.78. The predicted molar refractivity (Wildman–Crippen MR) is 82.8 cm³/mol. The summed E-state index contributed by atoms with van der Waals surface area (Å²) >= 11 is 0. The topological polar surface area (TPSA) is 77.3 Å². The number of hydrogen-bond acceptors (Lipinski definition) is 5. The quantitative estimate of drug-likeness (QED) is 0.821. The number of aromatic nitrogens is 3. The summed E-state index contributed by atoms with van der Waals surface area (Å²) in [5.41, 5.74) is 0.267. The average Bonchev–Trinajstić information content (AvgIpc) is 3.42. The molecule has 1 aliphatic carbocycles. The highest BCUT2D eigenvalue weighted by atomic mass is 16.5. The third-order valence-electron chi connectivity index (χ3n) is 4.57. The molecule has 0 bridgehead atoms. The molecule has 2 heterocycles. The van der Waals surface area contributed by atoms with E-state index in [1.165, 1.54) is 0 Å². The minimum Gasteiger partial charge on any atom is -0.377 e. The predicted octanol–water partition coefficient (Wildman–Crippen LogP) is 0.429. The number of amides is 1. The van der Waals surface area contributed by atoms with Crippen molar-refractivity contribution in [2.45, 2.75) is 25.4 Å². The van der Waals surface area contributed by atoms with Gasteiger partial charge < -0.3 is 9.64 Å². The van der Waals surface area contributed by atoms with Crippen LogP contribution in [0.5, 0.6) is 0 Å². The zero-order valence-electron chi connectivity index (χ0n) is 12.7. The van der Waals surface area contributed by atoms with Gasteiger partial charge >= 0.3 is 0 Å². The Morgan fingerprint density at radius 2 is 2.13 bits per heavy atom. The van der Waals surface area contributed by atoms with Crippen LogP contribution >= 0.6 is 0 Å². The van der Waals surface area contributed by atoms with Gasteiger partial charge in [0.25, 0.3) is 5.56 Å². The van der Waals surface area contributed by atoms with E-state index in [2.05, 4.69) is 10.3 Å². The molecular formula is C16H18N4O3. The lowest BCUT2D eigenvalue weighted by molar-refractivity contribution is -0.141. The van der Waals surface area contributed by atoms with Crippen molar-refractivity contribution in [3.05, 3.63) is 34.6 Å². The maximum Gasteiger partial charge on any atom is 0.278 e. The van der Waals surface area contributed by atoms with Gasteiger partial charge in [0.2, 0.25) is 5.91 Å². The second-order valence-corrected chi connectivity index (χ2v) is 6.14. The second kappa shape index (κ2) is 5.73. The molecule has 2 aliphatic rings. The largest absolute Gasteiger partial charge is 0.377 e. The Hall–Kier alpha value is -2.28. The minimum absolute atomic E-state index is 0.0696. The van der Waals surface area contributed by atoms with Gasteiger partial charge in [-0.25, -0.2) is 4.68 Å². The van der Waals surface area contributed by atoms with Crippen molar-refractivity contribution in [2.75, 3.05) is 19.8 Å². The molecule has 0 spiro atoms. The van der Waals surface area contributed by atoms with Crippen molar-refractivity contribution in [1.82, 2.24) is 19.9 Å². The lowest BCUT2D eigenvalue weighted by Crippen LogP contribution is -2.51. The number of morpholine rings is 1. The first-order chi connectivity index (χ1) is 11.2. The molecule has 2 aromatic rings. The van der Waals surface area contributed by atoms with E-state index in [9.17, 15) is 9.59 Å². The molecule has 1 aliphatic heterocycles. The van der Waals surface area contributed by atoms with Crippen LogP contribution < -0.4 is 5.56 Å². The van der Waals surface area contributed by atoms with E-state index in [-0.39, 0.29) is 24.1 Å². The molecule has 1 aromatic carbocycles. The van der Waals surface area contributed by atoms with Crippen LogP contribution in [0.1, 0.15) is 12.8 Å². The summed E-state index contributed by atoms with van der Waals surface area (Å²) in [5, 5.41) is 8.41. The molecule has 1 atom stereocenters. The first kappa shape index (κ1) is 14.3. The Bertz CT molecular complexity index is 799. The molecular weight excluding hydrogens is 296 g/mol. The number of benzene rings is 1. The zero-order chi connectivity index (χ0) is 15.8. The van der Waals surface area contributed by atoms with Gasteiger partial charge in [-0.2, -0.15) is 0 Å². The van der Waals surface area contributed by atoms with Crippen LogP contribution in [-0.4, -0.2) is 51.6 Å². The Morgan fingerprint density at radius 1 is 1.30 bits per heavy atom. The second-order valence-electron chi connectivity index (χ2n) is 6.14. The standard InChI is InChI=1S/C16H18N4O3/c21-15(19-7-8-23-10-14(19)11-5-6-11)9-20-16(22)12-3-1-2-4-13(12)17-18-20/h1-4,11,14H,5-10H2. The van der Waals surface area contributed by atoms with E-state index in [4.69, 9.17) is 4.74 Å². The van der Waals surface area contributed by atoms with Gasteiger partial charge in [-0.3, -0.25) is 9.59 Å². The van der Waals surface area contributed by atoms with Crippen LogP contribution in [0.25, 0.3) is 10.9 Å². The van der Waals surface area contributed by atoms with E-state index >= 15 is 0 Å². The first-order valence-corrected chi connectivity index (χ1v) is 7.94. The summed E-state index contributed by atoms with van der Waals surface area (Å²) in [4.78, 5) is 26.9. The normalized spacial score (nSPS) is 21.6. The van der Waals surface area contributed by atoms with Gasteiger partial charge in [-0.05, 0) is 30.9 Å². The minimum atomic E-state index is -0.278. The molecule has 1 saturated heterocycles. The number of carbonyl (C=O) groups excluding carboxylic acids is 1. The Morgan fingerprint density at radius 3 is 2.96 bits per heavy atom. The SMILES string of the molecule is O=C(Cn1nnc2ccccc2c1=O)N1CCOCC1C1CC1. The number of fused-ring (bicyclic) bond motifs is 1. The van der Waals surface area contributed by atoms with Gasteiger partial charge in [0, 0.05) is 6.54 Å². The van der Waals surface area contributed by atoms with Gasteiger partial charge in [-0.15, -0.1) is 5.10 Å². The Balaban J connectivity index is 1.58. The maximum atomic E-state index is 12.6. The molecule has 1 saturated carbocycles. The van der Waals surface area contributed by atoms with Crippen LogP contribution in [0.15, 0.2) is 29.1 Å².